The summed E-state index contributed by atoms with van der Waals surface area (Å²) in [5, 5.41) is 4.05. The SMILES string of the molecule is COCCCNc1ccc2oc(-c3ccc(Cl)cc3)nc2c1. The zero-order chi connectivity index (χ0) is 15.4. The summed E-state index contributed by atoms with van der Waals surface area (Å²) >= 11 is 5.90. The van der Waals surface area contributed by atoms with Crippen molar-refractivity contribution in [1.29, 1.82) is 0 Å². The molecule has 0 unspecified atom stereocenters. The van der Waals surface area contributed by atoms with Gasteiger partial charge in [-0.25, -0.2) is 4.98 Å². The monoisotopic (exact) mass is 316 g/mol. The third kappa shape index (κ3) is 3.40. The van der Waals surface area contributed by atoms with Gasteiger partial charge in [-0.1, -0.05) is 11.6 Å². The fourth-order valence-corrected chi connectivity index (χ4v) is 2.33. The summed E-state index contributed by atoms with van der Waals surface area (Å²) in [6, 6.07) is 13.4. The van der Waals surface area contributed by atoms with Crippen molar-refractivity contribution in [3.8, 4) is 11.5 Å². The van der Waals surface area contributed by atoms with Crippen LogP contribution >= 0.6 is 11.6 Å². The number of aromatic nitrogens is 1. The number of fused-ring (bicyclic) bond motifs is 1. The Hall–Kier alpha value is -2.04. The fraction of sp³-hybridized carbons (Fsp3) is 0.235. The zero-order valence-corrected chi connectivity index (χ0v) is 13.1. The Labute approximate surface area is 134 Å². The summed E-state index contributed by atoms with van der Waals surface area (Å²) in [6.45, 7) is 1.61. The third-order valence-corrected chi connectivity index (χ3v) is 3.59. The largest absolute Gasteiger partial charge is 0.436 e. The molecule has 2 aromatic carbocycles. The van der Waals surface area contributed by atoms with Crippen LogP contribution in [0.2, 0.25) is 5.02 Å². The van der Waals surface area contributed by atoms with Crippen molar-refractivity contribution in [2.24, 2.45) is 0 Å². The molecule has 0 radical (unpaired) electrons. The number of halogens is 1. The van der Waals surface area contributed by atoms with Gasteiger partial charge in [-0.2, -0.15) is 0 Å². The van der Waals surface area contributed by atoms with Gasteiger partial charge in [0.1, 0.15) is 5.52 Å². The van der Waals surface area contributed by atoms with E-state index in [1.54, 1.807) is 7.11 Å². The topological polar surface area (TPSA) is 47.3 Å². The molecule has 1 N–H and O–H groups in total. The molecule has 0 aliphatic carbocycles. The van der Waals surface area contributed by atoms with Crippen LogP contribution in [0.25, 0.3) is 22.6 Å². The van der Waals surface area contributed by atoms with E-state index in [4.69, 9.17) is 20.8 Å². The molecule has 1 heterocycles. The Bertz CT molecular complexity index is 753. The Morgan fingerprint density at radius 3 is 2.77 bits per heavy atom. The first-order valence-electron chi connectivity index (χ1n) is 7.15. The van der Waals surface area contributed by atoms with Crippen molar-refractivity contribution in [1.82, 2.24) is 4.98 Å². The summed E-state index contributed by atoms with van der Waals surface area (Å²) in [4.78, 5) is 4.54. The van der Waals surface area contributed by atoms with Crippen molar-refractivity contribution in [3.63, 3.8) is 0 Å². The molecule has 0 saturated carbocycles. The van der Waals surface area contributed by atoms with Crippen molar-refractivity contribution in [2.75, 3.05) is 25.6 Å². The molecule has 5 heteroatoms. The lowest BCUT2D eigenvalue weighted by Gasteiger charge is -2.04. The summed E-state index contributed by atoms with van der Waals surface area (Å²) < 4.78 is 10.8. The minimum atomic E-state index is 0.600. The number of methoxy groups -OCH3 is 1. The number of oxazole rings is 1. The van der Waals surface area contributed by atoms with E-state index in [2.05, 4.69) is 10.3 Å². The van der Waals surface area contributed by atoms with Crippen LogP contribution in [0.5, 0.6) is 0 Å². The molecule has 0 bridgehead atoms. The maximum absolute atomic E-state index is 5.90. The van der Waals surface area contributed by atoms with Gasteiger partial charge in [-0.05, 0) is 48.9 Å². The van der Waals surface area contributed by atoms with E-state index in [9.17, 15) is 0 Å². The number of nitrogens with one attached hydrogen (secondary N) is 1. The lowest BCUT2D eigenvalue weighted by molar-refractivity contribution is 0.198. The van der Waals surface area contributed by atoms with E-state index in [0.29, 0.717) is 10.9 Å². The van der Waals surface area contributed by atoms with E-state index < -0.39 is 0 Å². The van der Waals surface area contributed by atoms with Gasteiger partial charge in [0.25, 0.3) is 0 Å². The molecule has 3 aromatic rings. The van der Waals surface area contributed by atoms with Crippen LogP contribution in [0.4, 0.5) is 5.69 Å². The summed E-state index contributed by atoms with van der Waals surface area (Å²) in [5.41, 5.74) is 3.55. The van der Waals surface area contributed by atoms with Crippen LogP contribution in [0.3, 0.4) is 0 Å². The molecule has 0 atom stereocenters. The van der Waals surface area contributed by atoms with Crippen LogP contribution in [-0.2, 0) is 4.74 Å². The quantitative estimate of drug-likeness (QED) is 0.675. The number of rotatable bonds is 6. The summed E-state index contributed by atoms with van der Waals surface area (Å²) in [5.74, 6) is 0.600. The lowest BCUT2D eigenvalue weighted by atomic mass is 10.2. The Morgan fingerprint density at radius 1 is 1.18 bits per heavy atom. The van der Waals surface area contributed by atoms with Gasteiger partial charge in [0.15, 0.2) is 5.58 Å². The van der Waals surface area contributed by atoms with E-state index in [1.807, 2.05) is 42.5 Å². The number of hydrogen-bond donors (Lipinski definition) is 1. The van der Waals surface area contributed by atoms with Crippen molar-refractivity contribution < 1.29 is 9.15 Å². The first-order chi connectivity index (χ1) is 10.8. The minimum absolute atomic E-state index is 0.600. The number of anilines is 1. The molecule has 0 amide bonds. The highest BCUT2D eigenvalue weighted by molar-refractivity contribution is 6.30. The highest BCUT2D eigenvalue weighted by Gasteiger charge is 2.08. The molecular formula is C17H17ClN2O2. The summed E-state index contributed by atoms with van der Waals surface area (Å²) in [6.07, 6.45) is 0.962. The second-order valence-corrected chi connectivity index (χ2v) is 5.42. The van der Waals surface area contributed by atoms with Crippen molar-refractivity contribution >= 4 is 28.4 Å². The molecule has 114 valence electrons. The van der Waals surface area contributed by atoms with E-state index in [-0.39, 0.29) is 0 Å². The predicted molar refractivity (Wildman–Crippen MR) is 89.4 cm³/mol. The molecule has 0 saturated heterocycles. The normalized spacial score (nSPS) is 11.0. The van der Waals surface area contributed by atoms with E-state index in [0.717, 1.165) is 41.9 Å². The van der Waals surface area contributed by atoms with Crippen molar-refractivity contribution in [3.05, 3.63) is 47.5 Å². The van der Waals surface area contributed by atoms with Crippen LogP contribution in [0.1, 0.15) is 6.42 Å². The number of benzene rings is 2. The second-order valence-electron chi connectivity index (χ2n) is 4.98. The molecule has 22 heavy (non-hydrogen) atoms. The van der Waals surface area contributed by atoms with Crippen molar-refractivity contribution in [2.45, 2.75) is 6.42 Å². The van der Waals surface area contributed by atoms with E-state index >= 15 is 0 Å². The standard InChI is InChI=1S/C17H17ClN2O2/c1-21-10-2-9-19-14-7-8-16-15(11-14)20-17(22-16)12-3-5-13(18)6-4-12/h3-8,11,19H,2,9-10H2,1H3. The summed E-state index contributed by atoms with van der Waals surface area (Å²) in [7, 11) is 1.71. The predicted octanol–water partition coefficient (Wildman–Crippen LogP) is 4.60. The van der Waals surface area contributed by atoms with Crippen LogP contribution in [-0.4, -0.2) is 25.2 Å². The number of nitrogens with zero attached hydrogens (tertiary/aromatic N) is 1. The van der Waals surface area contributed by atoms with Gasteiger partial charge in [0, 0.05) is 36.5 Å². The Kier molecular flexibility index (Phi) is 4.61. The fourth-order valence-electron chi connectivity index (χ4n) is 2.20. The molecular weight excluding hydrogens is 300 g/mol. The number of ether oxygens (including phenoxy) is 1. The first kappa shape index (κ1) is 14.9. The third-order valence-electron chi connectivity index (χ3n) is 3.33. The Balaban J connectivity index is 1.79. The number of hydrogen-bond acceptors (Lipinski definition) is 4. The van der Waals surface area contributed by atoms with Gasteiger partial charge in [0.2, 0.25) is 5.89 Å². The van der Waals surface area contributed by atoms with Gasteiger partial charge < -0.3 is 14.5 Å². The smallest absolute Gasteiger partial charge is 0.227 e. The van der Waals surface area contributed by atoms with Crippen LogP contribution in [0, 0.1) is 0 Å². The van der Waals surface area contributed by atoms with Gasteiger partial charge in [-0.3, -0.25) is 0 Å². The van der Waals surface area contributed by atoms with Gasteiger partial charge >= 0.3 is 0 Å². The lowest BCUT2D eigenvalue weighted by Crippen LogP contribution is -2.04. The first-order valence-corrected chi connectivity index (χ1v) is 7.53. The Morgan fingerprint density at radius 2 is 2.00 bits per heavy atom. The van der Waals surface area contributed by atoms with Gasteiger partial charge in [0.05, 0.1) is 0 Å². The maximum Gasteiger partial charge on any atom is 0.227 e. The van der Waals surface area contributed by atoms with Crippen LogP contribution < -0.4 is 5.32 Å². The maximum atomic E-state index is 5.90. The van der Waals surface area contributed by atoms with Crippen LogP contribution in [0.15, 0.2) is 46.9 Å². The molecule has 0 spiro atoms. The van der Waals surface area contributed by atoms with E-state index in [1.165, 1.54) is 0 Å². The highest BCUT2D eigenvalue weighted by Crippen LogP contribution is 2.27. The molecule has 0 aliphatic rings. The highest BCUT2D eigenvalue weighted by atomic mass is 35.5. The molecule has 0 aliphatic heterocycles. The minimum Gasteiger partial charge on any atom is -0.436 e. The molecule has 4 nitrogen and oxygen atoms in total. The average Bonchev–Trinajstić information content (AvgIpc) is 2.95. The molecule has 3 rings (SSSR count). The molecule has 1 aromatic heterocycles. The zero-order valence-electron chi connectivity index (χ0n) is 12.3. The molecule has 0 fully saturated rings. The average molecular weight is 317 g/mol. The second kappa shape index (κ2) is 6.81. The van der Waals surface area contributed by atoms with Gasteiger partial charge in [-0.15, -0.1) is 0 Å².